The zero-order chi connectivity index (χ0) is 10.7. The summed E-state index contributed by atoms with van der Waals surface area (Å²) in [5, 5.41) is 10.4. The molecule has 1 aromatic rings. The number of benzene rings is 1. The summed E-state index contributed by atoms with van der Waals surface area (Å²) in [4.78, 5) is 9.63. The standard InChI is InChI=1S/C9H10FNO3/c1-3-14-9-5-8(11(12)13)7(10)4-6(9)2/h4-5H,3H2,1-2H3. The molecule has 76 valence electrons. The van der Waals surface area contributed by atoms with E-state index < -0.39 is 16.4 Å². The summed E-state index contributed by atoms with van der Waals surface area (Å²) < 4.78 is 18.1. The first-order valence-electron chi connectivity index (χ1n) is 4.13. The molecular formula is C9H10FNO3. The molecule has 0 saturated carbocycles. The van der Waals surface area contributed by atoms with Gasteiger partial charge in [0.1, 0.15) is 5.75 Å². The molecule has 0 aliphatic rings. The number of halogens is 1. The molecule has 0 amide bonds. The van der Waals surface area contributed by atoms with Crippen LogP contribution in [0, 0.1) is 22.9 Å². The third-order valence-corrected chi connectivity index (χ3v) is 1.74. The Hall–Kier alpha value is -1.65. The summed E-state index contributed by atoms with van der Waals surface area (Å²) >= 11 is 0. The van der Waals surface area contributed by atoms with Gasteiger partial charge in [0.05, 0.1) is 17.6 Å². The average molecular weight is 199 g/mol. The number of nitrogens with zero attached hydrogens (tertiary/aromatic N) is 1. The molecule has 0 spiro atoms. The van der Waals surface area contributed by atoms with Crippen molar-refractivity contribution < 1.29 is 14.1 Å². The predicted octanol–water partition coefficient (Wildman–Crippen LogP) is 2.44. The molecule has 0 heterocycles. The first-order chi connectivity index (χ1) is 6.56. The number of hydrogen-bond acceptors (Lipinski definition) is 3. The largest absolute Gasteiger partial charge is 0.493 e. The van der Waals surface area contributed by atoms with E-state index in [1.807, 2.05) is 0 Å². The van der Waals surface area contributed by atoms with E-state index in [4.69, 9.17) is 4.74 Å². The highest BCUT2D eigenvalue weighted by Gasteiger charge is 2.16. The second-order valence-corrected chi connectivity index (χ2v) is 2.76. The minimum absolute atomic E-state index is 0.348. The lowest BCUT2D eigenvalue weighted by molar-refractivity contribution is -0.387. The number of nitro benzene ring substituents is 1. The van der Waals surface area contributed by atoms with Crippen molar-refractivity contribution >= 4 is 5.69 Å². The van der Waals surface area contributed by atoms with Crippen molar-refractivity contribution in [1.29, 1.82) is 0 Å². The summed E-state index contributed by atoms with van der Waals surface area (Å²) in [6.07, 6.45) is 0. The molecule has 5 heteroatoms. The van der Waals surface area contributed by atoms with E-state index in [1.165, 1.54) is 0 Å². The molecule has 0 bridgehead atoms. The minimum atomic E-state index is -0.837. The Labute approximate surface area is 80.5 Å². The van der Waals surface area contributed by atoms with Crippen molar-refractivity contribution in [2.24, 2.45) is 0 Å². The Balaban J connectivity index is 3.20. The van der Waals surface area contributed by atoms with Gasteiger partial charge in [-0.3, -0.25) is 10.1 Å². The molecule has 14 heavy (non-hydrogen) atoms. The molecule has 0 radical (unpaired) electrons. The lowest BCUT2D eigenvalue weighted by atomic mass is 10.2. The van der Waals surface area contributed by atoms with E-state index >= 15 is 0 Å². The Morgan fingerprint density at radius 2 is 2.21 bits per heavy atom. The molecular weight excluding hydrogens is 189 g/mol. The fourth-order valence-corrected chi connectivity index (χ4v) is 1.09. The van der Waals surface area contributed by atoms with Crippen LogP contribution in [-0.4, -0.2) is 11.5 Å². The topological polar surface area (TPSA) is 52.4 Å². The van der Waals surface area contributed by atoms with E-state index in [2.05, 4.69) is 0 Å². The second kappa shape index (κ2) is 4.04. The van der Waals surface area contributed by atoms with Gasteiger partial charge in [-0.05, 0) is 25.5 Å². The number of hydrogen-bond donors (Lipinski definition) is 0. The molecule has 0 aromatic heterocycles. The molecule has 1 rings (SSSR count). The van der Waals surface area contributed by atoms with Crippen LogP contribution in [0.25, 0.3) is 0 Å². The third-order valence-electron chi connectivity index (χ3n) is 1.74. The quantitative estimate of drug-likeness (QED) is 0.555. The third kappa shape index (κ3) is 1.99. The minimum Gasteiger partial charge on any atom is -0.493 e. The Kier molecular flexibility index (Phi) is 3.01. The van der Waals surface area contributed by atoms with E-state index in [0.29, 0.717) is 17.9 Å². The maximum atomic E-state index is 13.0. The summed E-state index contributed by atoms with van der Waals surface area (Å²) in [6, 6.07) is 2.21. The lowest BCUT2D eigenvalue weighted by Crippen LogP contribution is -1.98. The van der Waals surface area contributed by atoms with Gasteiger partial charge >= 0.3 is 5.69 Å². The maximum Gasteiger partial charge on any atom is 0.308 e. The monoisotopic (exact) mass is 199 g/mol. The van der Waals surface area contributed by atoms with Crippen molar-refractivity contribution in [3.8, 4) is 5.75 Å². The van der Waals surface area contributed by atoms with Gasteiger partial charge in [-0.2, -0.15) is 4.39 Å². The Bertz CT molecular complexity index is 365. The van der Waals surface area contributed by atoms with Crippen LogP contribution in [0.1, 0.15) is 12.5 Å². The molecule has 0 aliphatic carbocycles. The van der Waals surface area contributed by atoms with Gasteiger partial charge in [-0.25, -0.2) is 0 Å². The van der Waals surface area contributed by atoms with Gasteiger partial charge in [-0.1, -0.05) is 0 Å². The van der Waals surface area contributed by atoms with Crippen LogP contribution >= 0.6 is 0 Å². The van der Waals surface area contributed by atoms with Gasteiger partial charge in [0.15, 0.2) is 0 Å². The smallest absolute Gasteiger partial charge is 0.308 e. The van der Waals surface area contributed by atoms with Crippen molar-refractivity contribution in [2.45, 2.75) is 13.8 Å². The number of aryl methyl sites for hydroxylation is 1. The molecule has 0 saturated heterocycles. The molecule has 0 fully saturated rings. The van der Waals surface area contributed by atoms with Crippen LogP contribution in [0.3, 0.4) is 0 Å². The summed E-state index contributed by atoms with van der Waals surface area (Å²) in [5.74, 6) is -0.489. The zero-order valence-electron chi connectivity index (χ0n) is 7.91. The van der Waals surface area contributed by atoms with Crippen LogP contribution in [0.4, 0.5) is 10.1 Å². The van der Waals surface area contributed by atoms with E-state index in [1.54, 1.807) is 13.8 Å². The maximum absolute atomic E-state index is 13.0. The fraction of sp³-hybridized carbons (Fsp3) is 0.333. The zero-order valence-corrected chi connectivity index (χ0v) is 7.91. The summed E-state index contributed by atoms with van der Waals surface area (Å²) in [5.41, 5.74) is -0.00556. The van der Waals surface area contributed by atoms with Gasteiger partial charge in [-0.15, -0.1) is 0 Å². The van der Waals surface area contributed by atoms with Gasteiger partial charge in [0.25, 0.3) is 0 Å². The van der Waals surface area contributed by atoms with Crippen molar-refractivity contribution in [3.63, 3.8) is 0 Å². The fourth-order valence-electron chi connectivity index (χ4n) is 1.09. The average Bonchev–Trinajstić information content (AvgIpc) is 2.09. The first kappa shape index (κ1) is 10.4. The van der Waals surface area contributed by atoms with E-state index in [-0.39, 0.29) is 0 Å². The Morgan fingerprint density at radius 3 is 2.71 bits per heavy atom. The number of nitro groups is 1. The van der Waals surface area contributed by atoms with Crippen molar-refractivity contribution in [3.05, 3.63) is 33.6 Å². The predicted molar refractivity (Wildman–Crippen MR) is 49.0 cm³/mol. The SMILES string of the molecule is CCOc1cc([N+](=O)[O-])c(F)cc1C. The van der Waals surface area contributed by atoms with E-state index in [0.717, 1.165) is 12.1 Å². The molecule has 0 aliphatic heterocycles. The van der Waals surface area contributed by atoms with Crippen LogP contribution in [0.15, 0.2) is 12.1 Å². The normalized spacial score (nSPS) is 9.93. The molecule has 4 nitrogen and oxygen atoms in total. The molecule has 0 atom stereocenters. The Morgan fingerprint density at radius 1 is 1.57 bits per heavy atom. The lowest BCUT2D eigenvalue weighted by Gasteiger charge is -2.06. The van der Waals surface area contributed by atoms with Crippen LogP contribution in [-0.2, 0) is 0 Å². The molecule has 0 N–H and O–H groups in total. The van der Waals surface area contributed by atoms with Crippen LogP contribution in [0.5, 0.6) is 5.75 Å². The number of rotatable bonds is 3. The highest BCUT2D eigenvalue weighted by atomic mass is 19.1. The van der Waals surface area contributed by atoms with Crippen LogP contribution < -0.4 is 4.74 Å². The van der Waals surface area contributed by atoms with Crippen molar-refractivity contribution in [2.75, 3.05) is 6.61 Å². The summed E-state index contributed by atoms with van der Waals surface area (Å²) in [6.45, 7) is 3.79. The molecule has 0 unspecified atom stereocenters. The summed E-state index contributed by atoms with van der Waals surface area (Å²) in [7, 11) is 0. The van der Waals surface area contributed by atoms with Crippen molar-refractivity contribution in [1.82, 2.24) is 0 Å². The second-order valence-electron chi connectivity index (χ2n) is 2.76. The highest BCUT2D eigenvalue weighted by Crippen LogP contribution is 2.27. The molecule has 1 aromatic carbocycles. The highest BCUT2D eigenvalue weighted by molar-refractivity contribution is 5.44. The van der Waals surface area contributed by atoms with Gasteiger partial charge in [0, 0.05) is 0 Å². The van der Waals surface area contributed by atoms with Crippen LogP contribution in [0.2, 0.25) is 0 Å². The number of ether oxygens (including phenoxy) is 1. The van der Waals surface area contributed by atoms with E-state index in [9.17, 15) is 14.5 Å². The van der Waals surface area contributed by atoms with Gasteiger partial charge in [0.2, 0.25) is 5.82 Å². The van der Waals surface area contributed by atoms with Gasteiger partial charge < -0.3 is 4.74 Å². The first-order valence-corrected chi connectivity index (χ1v) is 4.13.